The van der Waals surface area contributed by atoms with Crippen molar-refractivity contribution in [1.29, 1.82) is 0 Å². The van der Waals surface area contributed by atoms with E-state index >= 15 is 0 Å². The monoisotopic (exact) mass is 326 g/mol. The normalized spacial score (nSPS) is 17.9. The molecule has 5 heteroatoms. The third-order valence-corrected chi connectivity index (χ3v) is 5.06. The summed E-state index contributed by atoms with van der Waals surface area (Å²) in [6, 6.07) is 6.36. The van der Waals surface area contributed by atoms with Crippen LogP contribution in [0.3, 0.4) is 0 Å². The third kappa shape index (κ3) is 3.83. The molecule has 0 aromatic carbocycles. The molecule has 1 aliphatic heterocycles. The van der Waals surface area contributed by atoms with Gasteiger partial charge >= 0.3 is 0 Å². The summed E-state index contributed by atoms with van der Waals surface area (Å²) >= 11 is 0. The maximum atomic E-state index is 12.8. The van der Waals surface area contributed by atoms with Crippen LogP contribution in [0.4, 0.5) is 0 Å². The fourth-order valence-electron chi connectivity index (χ4n) is 3.43. The zero-order valence-corrected chi connectivity index (χ0v) is 14.6. The molecule has 1 aliphatic rings. The van der Waals surface area contributed by atoms with Gasteiger partial charge in [0.25, 0.3) is 0 Å². The highest BCUT2D eigenvalue weighted by molar-refractivity contribution is 5.76. The lowest BCUT2D eigenvalue weighted by Gasteiger charge is -2.36. The standard InChI is InChI=1S/C19H26N4O/c1-15-16(2)22(14-21-15)13-19(24)23-12-6-4-8-18(23)10-9-17-7-3-5-11-20-17/h3,5,7,11,14,18H,4,6,8-10,12-13H2,1-2H3/t18-/m1/s1. The van der Waals surface area contributed by atoms with Gasteiger partial charge in [0.05, 0.1) is 12.0 Å². The van der Waals surface area contributed by atoms with E-state index in [1.54, 1.807) is 6.33 Å². The molecule has 5 nitrogen and oxygen atoms in total. The van der Waals surface area contributed by atoms with Gasteiger partial charge in [-0.05, 0) is 58.1 Å². The van der Waals surface area contributed by atoms with Crippen molar-refractivity contribution in [3.8, 4) is 0 Å². The van der Waals surface area contributed by atoms with E-state index < -0.39 is 0 Å². The van der Waals surface area contributed by atoms with Gasteiger partial charge in [0.1, 0.15) is 6.54 Å². The van der Waals surface area contributed by atoms with Gasteiger partial charge in [-0.3, -0.25) is 9.78 Å². The predicted octanol–water partition coefficient (Wildman–Crippen LogP) is 2.91. The van der Waals surface area contributed by atoms with Gasteiger partial charge in [0.2, 0.25) is 5.91 Å². The largest absolute Gasteiger partial charge is 0.338 e. The van der Waals surface area contributed by atoms with Crippen molar-refractivity contribution in [3.63, 3.8) is 0 Å². The lowest BCUT2D eigenvalue weighted by molar-refractivity contribution is -0.135. The molecule has 1 amide bonds. The maximum absolute atomic E-state index is 12.8. The molecule has 1 saturated heterocycles. The van der Waals surface area contributed by atoms with Gasteiger partial charge in [-0.25, -0.2) is 4.98 Å². The summed E-state index contributed by atoms with van der Waals surface area (Å²) in [5, 5.41) is 0. The van der Waals surface area contributed by atoms with E-state index in [-0.39, 0.29) is 5.91 Å². The van der Waals surface area contributed by atoms with Crippen molar-refractivity contribution in [2.75, 3.05) is 6.54 Å². The second-order valence-electron chi connectivity index (χ2n) is 6.64. The fraction of sp³-hybridized carbons (Fsp3) is 0.526. The molecule has 0 radical (unpaired) electrons. The number of aromatic nitrogens is 3. The number of carbonyl (C=O) groups excluding carboxylic acids is 1. The highest BCUT2D eigenvalue weighted by Crippen LogP contribution is 2.22. The zero-order valence-electron chi connectivity index (χ0n) is 14.6. The van der Waals surface area contributed by atoms with Crippen LogP contribution in [-0.2, 0) is 17.8 Å². The average Bonchev–Trinajstić information content (AvgIpc) is 2.93. The van der Waals surface area contributed by atoms with Gasteiger partial charge in [0, 0.05) is 30.2 Å². The number of hydrogen-bond donors (Lipinski definition) is 0. The Morgan fingerprint density at radius 3 is 2.83 bits per heavy atom. The number of pyridine rings is 1. The fourth-order valence-corrected chi connectivity index (χ4v) is 3.43. The summed E-state index contributed by atoms with van der Waals surface area (Å²) in [7, 11) is 0. The van der Waals surface area contributed by atoms with E-state index in [1.165, 1.54) is 6.42 Å². The van der Waals surface area contributed by atoms with Gasteiger partial charge in [0.15, 0.2) is 0 Å². The predicted molar refractivity (Wildman–Crippen MR) is 93.6 cm³/mol. The summed E-state index contributed by atoms with van der Waals surface area (Å²) in [4.78, 5) is 23.6. The van der Waals surface area contributed by atoms with Crippen molar-refractivity contribution < 1.29 is 4.79 Å². The molecular weight excluding hydrogens is 300 g/mol. The number of rotatable bonds is 5. The molecular formula is C19H26N4O. The molecule has 0 N–H and O–H groups in total. The van der Waals surface area contributed by atoms with E-state index in [9.17, 15) is 4.79 Å². The molecule has 0 unspecified atom stereocenters. The summed E-state index contributed by atoms with van der Waals surface area (Å²) in [5.41, 5.74) is 3.18. The first-order chi connectivity index (χ1) is 11.6. The first kappa shape index (κ1) is 16.7. The summed E-state index contributed by atoms with van der Waals surface area (Å²) in [6.07, 6.45) is 8.94. The Labute approximate surface area is 143 Å². The van der Waals surface area contributed by atoms with Crippen LogP contribution >= 0.6 is 0 Å². The summed E-state index contributed by atoms with van der Waals surface area (Å²) in [5.74, 6) is 0.209. The molecule has 0 bridgehead atoms. The molecule has 0 spiro atoms. The van der Waals surface area contributed by atoms with Crippen molar-refractivity contribution in [2.24, 2.45) is 0 Å². The van der Waals surface area contributed by atoms with E-state index in [4.69, 9.17) is 0 Å². The number of carbonyl (C=O) groups is 1. The zero-order chi connectivity index (χ0) is 16.9. The quantitative estimate of drug-likeness (QED) is 0.849. The van der Waals surface area contributed by atoms with Gasteiger partial charge in [-0.1, -0.05) is 6.07 Å². The average molecular weight is 326 g/mol. The Kier molecular flexibility index (Phi) is 5.28. The number of imidazole rings is 1. The Balaban J connectivity index is 1.63. The third-order valence-electron chi connectivity index (χ3n) is 5.06. The van der Waals surface area contributed by atoms with Gasteiger partial charge < -0.3 is 9.47 Å². The van der Waals surface area contributed by atoms with Crippen LogP contribution in [0.5, 0.6) is 0 Å². The lowest BCUT2D eigenvalue weighted by Crippen LogP contribution is -2.45. The Bertz CT molecular complexity index is 680. The van der Waals surface area contributed by atoms with E-state index in [0.29, 0.717) is 12.6 Å². The molecule has 0 saturated carbocycles. The second-order valence-corrected chi connectivity index (χ2v) is 6.64. The SMILES string of the molecule is Cc1ncn(CC(=O)N2CCCC[C@@H]2CCc2ccccn2)c1C. The van der Waals surface area contributed by atoms with Crippen LogP contribution in [-0.4, -0.2) is 37.9 Å². The van der Waals surface area contributed by atoms with Crippen LogP contribution in [0.2, 0.25) is 0 Å². The van der Waals surface area contributed by atoms with Crippen LogP contribution in [0.25, 0.3) is 0 Å². The summed E-state index contributed by atoms with van der Waals surface area (Å²) < 4.78 is 1.96. The summed E-state index contributed by atoms with van der Waals surface area (Å²) in [6.45, 7) is 5.27. The van der Waals surface area contributed by atoms with Crippen LogP contribution in [0.15, 0.2) is 30.7 Å². The highest BCUT2D eigenvalue weighted by atomic mass is 16.2. The number of likely N-dealkylation sites (tertiary alicyclic amines) is 1. The molecule has 128 valence electrons. The number of aryl methyl sites for hydroxylation is 2. The van der Waals surface area contributed by atoms with Crippen molar-refractivity contribution >= 4 is 5.91 Å². The molecule has 3 rings (SSSR count). The topological polar surface area (TPSA) is 51.0 Å². The van der Waals surface area contributed by atoms with Crippen molar-refractivity contribution in [3.05, 3.63) is 47.8 Å². The number of nitrogens with zero attached hydrogens (tertiary/aromatic N) is 4. The van der Waals surface area contributed by atoms with Crippen LogP contribution in [0, 0.1) is 13.8 Å². The molecule has 24 heavy (non-hydrogen) atoms. The van der Waals surface area contributed by atoms with Crippen LogP contribution < -0.4 is 0 Å². The van der Waals surface area contributed by atoms with E-state index in [1.807, 2.05) is 36.7 Å². The molecule has 0 aliphatic carbocycles. The molecule has 3 heterocycles. The van der Waals surface area contributed by atoms with Gasteiger partial charge in [-0.15, -0.1) is 0 Å². The Morgan fingerprint density at radius 2 is 2.12 bits per heavy atom. The number of amides is 1. The maximum Gasteiger partial charge on any atom is 0.242 e. The van der Waals surface area contributed by atoms with Crippen LogP contribution in [0.1, 0.15) is 42.8 Å². The van der Waals surface area contributed by atoms with E-state index in [2.05, 4.69) is 20.9 Å². The van der Waals surface area contributed by atoms with Gasteiger partial charge in [-0.2, -0.15) is 0 Å². The lowest BCUT2D eigenvalue weighted by atomic mass is 9.97. The Morgan fingerprint density at radius 1 is 1.25 bits per heavy atom. The molecule has 2 aromatic rings. The Hall–Kier alpha value is -2.17. The highest BCUT2D eigenvalue weighted by Gasteiger charge is 2.26. The minimum Gasteiger partial charge on any atom is -0.338 e. The minimum absolute atomic E-state index is 0.209. The molecule has 1 atom stereocenters. The minimum atomic E-state index is 0.209. The second kappa shape index (κ2) is 7.60. The van der Waals surface area contributed by atoms with Crippen molar-refractivity contribution in [1.82, 2.24) is 19.4 Å². The van der Waals surface area contributed by atoms with E-state index in [0.717, 1.165) is 49.3 Å². The first-order valence-corrected chi connectivity index (χ1v) is 8.83. The first-order valence-electron chi connectivity index (χ1n) is 8.83. The smallest absolute Gasteiger partial charge is 0.242 e. The number of piperidine rings is 1. The molecule has 1 fully saturated rings. The molecule has 2 aromatic heterocycles. The van der Waals surface area contributed by atoms with Crippen molar-refractivity contribution in [2.45, 2.75) is 58.5 Å². The number of hydrogen-bond acceptors (Lipinski definition) is 3.